The van der Waals surface area contributed by atoms with E-state index in [1.165, 1.54) is 13.3 Å². The molecule has 5 nitrogen and oxygen atoms in total. The molecule has 0 unspecified atom stereocenters. The van der Waals surface area contributed by atoms with E-state index in [-0.39, 0.29) is 11.8 Å². The summed E-state index contributed by atoms with van der Waals surface area (Å²) < 4.78 is 0. The Hall–Kier alpha value is -2.43. The zero-order valence-corrected chi connectivity index (χ0v) is 14.1. The monoisotopic (exact) mass is 325 g/mol. The highest BCUT2D eigenvalue weighted by molar-refractivity contribution is 6.01. The number of hydrogen-bond acceptors (Lipinski definition) is 3. The summed E-state index contributed by atoms with van der Waals surface area (Å²) in [5, 5.41) is 0.989. The molecule has 3 rings (SSSR count). The van der Waals surface area contributed by atoms with E-state index in [4.69, 9.17) is 0 Å². The third-order valence-electron chi connectivity index (χ3n) is 4.54. The Kier molecular flexibility index (Phi) is 5.08. The van der Waals surface area contributed by atoms with Crippen molar-refractivity contribution in [1.29, 1.82) is 0 Å². The molecular weight excluding hydrogens is 302 g/mol. The van der Waals surface area contributed by atoms with Crippen LogP contribution in [0.2, 0.25) is 0 Å². The van der Waals surface area contributed by atoms with Crippen molar-refractivity contribution in [2.75, 3.05) is 24.5 Å². The van der Waals surface area contributed by atoms with Crippen molar-refractivity contribution in [2.24, 2.45) is 0 Å². The van der Waals surface area contributed by atoms with Crippen molar-refractivity contribution in [2.45, 2.75) is 32.6 Å². The quantitative estimate of drug-likeness (QED) is 0.868. The van der Waals surface area contributed by atoms with Gasteiger partial charge in [-0.05, 0) is 31.4 Å². The fourth-order valence-electron chi connectivity index (χ4n) is 3.26. The Morgan fingerprint density at radius 1 is 1.12 bits per heavy atom. The van der Waals surface area contributed by atoms with Crippen molar-refractivity contribution in [3.8, 4) is 0 Å². The molecular formula is C19H23N3O2. The molecule has 0 bridgehead atoms. The maximum atomic E-state index is 12.4. The van der Waals surface area contributed by atoms with Gasteiger partial charge in [0.25, 0.3) is 0 Å². The summed E-state index contributed by atoms with van der Waals surface area (Å²) in [5.41, 5.74) is 1.56. The molecule has 1 fully saturated rings. The largest absolute Gasteiger partial charge is 0.343 e. The maximum absolute atomic E-state index is 12.4. The van der Waals surface area contributed by atoms with Gasteiger partial charge in [-0.3, -0.25) is 14.6 Å². The van der Waals surface area contributed by atoms with Crippen molar-refractivity contribution < 1.29 is 9.59 Å². The highest BCUT2D eigenvalue weighted by Gasteiger charge is 2.20. The third kappa shape index (κ3) is 3.55. The molecule has 0 radical (unpaired) electrons. The van der Waals surface area contributed by atoms with E-state index < -0.39 is 0 Å². The van der Waals surface area contributed by atoms with Crippen molar-refractivity contribution in [3.05, 3.63) is 36.5 Å². The van der Waals surface area contributed by atoms with Crippen LogP contribution in [0.4, 0.5) is 5.69 Å². The van der Waals surface area contributed by atoms with Gasteiger partial charge in [0.05, 0.1) is 11.2 Å². The lowest BCUT2D eigenvalue weighted by molar-refractivity contribution is -0.131. The first-order valence-corrected chi connectivity index (χ1v) is 8.56. The number of carbonyl (C=O) groups is 2. The molecule has 1 aliphatic heterocycles. The number of aromatic nitrogens is 1. The number of fused-ring (bicyclic) bond motifs is 1. The fourth-order valence-corrected chi connectivity index (χ4v) is 3.26. The van der Waals surface area contributed by atoms with Crippen molar-refractivity contribution in [3.63, 3.8) is 0 Å². The summed E-state index contributed by atoms with van der Waals surface area (Å²) in [6.07, 6.45) is 5.43. The van der Waals surface area contributed by atoms with Crippen LogP contribution in [-0.4, -0.2) is 41.3 Å². The molecule has 0 saturated carbocycles. The molecule has 2 amide bonds. The molecule has 0 aliphatic carbocycles. The second-order valence-corrected chi connectivity index (χ2v) is 6.21. The standard InChI is InChI=1S/C19H23N3O2/c1-15(23)22(14-10-18(24)21-12-3-2-4-13-21)17-9-5-7-16-8-6-11-20-19(16)17/h5-9,11H,2-4,10,12-14H2,1H3. The first-order valence-electron chi connectivity index (χ1n) is 8.56. The van der Waals surface area contributed by atoms with E-state index in [2.05, 4.69) is 4.98 Å². The number of likely N-dealkylation sites (tertiary alicyclic amines) is 1. The van der Waals surface area contributed by atoms with Gasteiger partial charge in [0.1, 0.15) is 0 Å². The van der Waals surface area contributed by atoms with E-state index in [1.54, 1.807) is 11.1 Å². The second-order valence-electron chi connectivity index (χ2n) is 6.21. The SMILES string of the molecule is CC(=O)N(CCC(=O)N1CCCCC1)c1cccc2cccnc12. The van der Waals surface area contributed by atoms with Gasteiger partial charge < -0.3 is 9.80 Å². The van der Waals surface area contributed by atoms with Crippen LogP contribution in [0, 0.1) is 0 Å². The molecule has 2 aromatic rings. The first-order chi connectivity index (χ1) is 11.7. The number of piperidine rings is 1. The molecule has 1 saturated heterocycles. The maximum Gasteiger partial charge on any atom is 0.224 e. The van der Waals surface area contributed by atoms with Crippen LogP contribution in [-0.2, 0) is 9.59 Å². The summed E-state index contributed by atoms with van der Waals surface area (Å²) in [4.78, 5) is 32.5. The van der Waals surface area contributed by atoms with Crippen LogP contribution in [0.25, 0.3) is 10.9 Å². The number of carbonyl (C=O) groups excluding carboxylic acids is 2. The molecule has 0 N–H and O–H groups in total. The molecule has 126 valence electrons. The Labute approximate surface area is 142 Å². The lowest BCUT2D eigenvalue weighted by Gasteiger charge is -2.28. The van der Waals surface area contributed by atoms with Crippen LogP contribution in [0.5, 0.6) is 0 Å². The van der Waals surface area contributed by atoms with Crippen LogP contribution in [0.1, 0.15) is 32.6 Å². The van der Waals surface area contributed by atoms with Gasteiger partial charge in [-0.2, -0.15) is 0 Å². The Bertz CT molecular complexity index is 733. The first kappa shape index (κ1) is 16.4. The number of nitrogens with zero attached hydrogens (tertiary/aromatic N) is 3. The van der Waals surface area contributed by atoms with Gasteiger partial charge in [0, 0.05) is 44.6 Å². The van der Waals surface area contributed by atoms with Gasteiger partial charge >= 0.3 is 0 Å². The van der Waals surface area contributed by atoms with Crippen LogP contribution in [0.15, 0.2) is 36.5 Å². The molecule has 5 heteroatoms. The average molecular weight is 325 g/mol. The average Bonchev–Trinajstić information content (AvgIpc) is 2.62. The smallest absolute Gasteiger partial charge is 0.224 e. The minimum absolute atomic E-state index is 0.0698. The summed E-state index contributed by atoms with van der Waals surface area (Å²) in [5.74, 6) is 0.0637. The molecule has 0 atom stereocenters. The lowest BCUT2D eigenvalue weighted by atomic mass is 10.1. The van der Waals surface area contributed by atoms with Crippen molar-refractivity contribution in [1.82, 2.24) is 9.88 Å². The number of rotatable bonds is 4. The highest BCUT2D eigenvalue weighted by Crippen LogP contribution is 2.25. The Balaban J connectivity index is 1.77. The van der Waals surface area contributed by atoms with Crippen molar-refractivity contribution >= 4 is 28.4 Å². The van der Waals surface area contributed by atoms with Gasteiger partial charge in [-0.1, -0.05) is 18.2 Å². The number of amides is 2. The van der Waals surface area contributed by atoms with E-state index >= 15 is 0 Å². The van der Waals surface area contributed by atoms with E-state index in [0.29, 0.717) is 13.0 Å². The molecule has 1 aromatic carbocycles. The number of benzene rings is 1. The zero-order valence-electron chi connectivity index (χ0n) is 14.1. The topological polar surface area (TPSA) is 53.5 Å². The number of pyridine rings is 1. The van der Waals surface area contributed by atoms with Crippen LogP contribution < -0.4 is 4.90 Å². The normalized spacial score (nSPS) is 14.6. The summed E-state index contributed by atoms with van der Waals surface area (Å²) in [7, 11) is 0. The Morgan fingerprint density at radius 2 is 1.88 bits per heavy atom. The molecule has 24 heavy (non-hydrogen) atoms. The molecule has 1 aromatic heterocycles. The summed E-state index contributed by atoms with van der Waals surface area (Å²) in [6.45, 7) is 3.61. The fraction of sp³-hybridized carbons (Fsp3) is 0.421. The third-order valence-corrected chi connectivity index (χ3v) is 4.54. The highest BCUT2D eigenvalue weighted by atomic mass is 16.2. The van der Waals surface area contributed by atoms with Crippen LogP contribution >= 0.6 is 0 Å². The number of anilines is 1. The molecule has 1 aliphatic rings. The van der Waals surface area contributed by atoms with E-state index in [0.717, 1.165) is 42.5 Å². The minimum atomic E-state index is -0.0698. The molecule has 2 heterocycles. The van der Waals surface area contributed by atoms with E-state index in [1.807, 2.05) is 35.2 Å². The summed E-state index contributed by atoms with van der Waals surface area (Å²) >= 11 is 0. The van der Waals surface area contributed by atoms with Gasteiger partial charge in [0.15, 0.2) is 0 Å². The van der Waals surface area contributed by atoms with Gasteiger partial charge in [-0.15, -0.1) is 0 Å². The van der Waals surface area contributed by atoms with Gasteiger partial charge in [-0.25, -0.2) is 0 Å². The zero-order chi connectivity index (χ0) is 16.9. The second kappa shape index (κ2) is 7.43. The summed E-state index contributed by atoms with van der Waals surface area (Å²) in [6, 6.07) is 9.64. The predicted octanol–water partition coefficient (Wildman–Crippen LogP) is 2.99. The molecule has 0 spiro atoms. The van der Waals surface area contributed by atoms with Crippen LogP contribution in [0.3, 0.4) is 0 Å². The Morgan fingerprint density at radius 3 is 2.62 bits per heavy atom. The lowest BCUT2D eigenvalue weighted by Crippen LogP contribution is -2.39. The number of hydrogen-bond donors (Lipinski definition) is 0. The number of para-hydroxylation sites is 1. The predicted molar refractivity (Wildman–Crippen MR) is 94.8 cm³/mol. The van der Waals surface area contributed by atoms with E-state index in [9.17, 15) is 9.59 Å². The van der Waals surface area contributed by atoms with Gasteiger partial charge in [0.2, 0.25) is 11.8 Å². The minimum Gasteiger partial charge on any atom is -0.343 e.